The van der Waals surface area contributed by atoms with Crippen molar-refractivity contribution in [2.24, 2.45) is 0 Å². The number of aromatic nitrogens is 6. The number of hydrogen-bond donors (Lipinski definition) is 2. The highest BCUT2D eigenvalue weighted by Gasteiger charge is 2.23. The largest absolute Gasteiger partial charge is 0.348 e. The van der Waals surface area contributed by atoms with Crippen LogP contribution in [0.2, 0.25) is 0 Å². The number of fused-ring (bicyclic) bond motifs is 2. The van der Waals surface area contributed by atoms with Crippen LogP contribution in [0.1, 0.15) is 11.5 Å². The molecular formula is C31H22N6O. The molecule has 0 saturated carbocycles. The van der Waals surface area contributed by atoms with Gasteiger partial charge < -0.3 is 4.98 Å². The number of nitrogens with zero attached hydrogens (tertiary/aromatic N) is 4. The molecule has 3 aromatic carbocycles. The molecule has 0 spiro atoms. The highest BCUT2D eigenvalue weighted by atomic mass is 16.1. The lowest BCUT2D eigenvalue weighted by Gasteiger charge is -2.10. The van der Waals surface area contributed by atoms with Crippen LogP contribution >= 0.6 is 0 Å². The first-order chi connectivity index (χ1) is 18.8. The molecule has 2 N–H and O–H groups in total. The zero-order valence-corrected chi connectivity index (χ0v) is 20.3. The second kappa shape index (κ2) is 8.97. The van der Waals surface area contributed by atoms with Crippen LogP contribution in [0.3, 0.4) is 0 Å². The number of benzene rings is 3. The van der Waals surface area contributed by atoms with Gasteiger partial charge in [-0.1, -0.05) is 72.8 Å². The molecule has 0 atom stereocenters. The van der Waals surface area contributed by atoms with Gasteiger partial charge in [-0.3, -0.25) is 14.9 Å². The normalized spacial score (nSPS) is 11.4. The molecule has 7 aromatic rings. The molecule has 0 aliphatic rings. The van der Waals surface area contributed by atoms with Crippen LogP contribution in [0.4, 0.5) is 0 Å². The predicted molar refractivity (Wildman–Crippen MR) is 149 cm³/mol. The molecule has 38 heavy (non-hydrogen) atoms. The predicted octanol–water partition coefficient (Wildman–Crippen LogP) is 5.89. The molecule has 0 aliphatic carbocycles. The van der Waals surface area contributed by atoms with E-state index < -0.39 is 0 Å². The molecule has 0 aliphatic heterocycles. The number of aromatic amines is 2. The van der Waals surface area contributed by atoms with Gasteiger partial charge in [-0.05, 0) is 29.3 Å². The van der Waals surface area contributed by atoms with E-state index in [1.54, 1.807) is 23.1 Å². The fraction of sp³-hybridized carbons (Fsp3) is 0.0323. The summed E-state index contributed by atoms with van der Waals surface area (Å²) in [4.78, 5) is 31.4. The van der Waals surface area contributed by atoms with E-state index in [9.17, 15) is 4.79 Å². The molecule has 0 saturated heterocycles. The molecule has 0 radical (unpaired) electrons. The van der Waals surface area contributed by atoms with Crippen molar-refractivity contribution in [3.05, 3.63) is 131 Å². The Morgan fingerprint density at radius 3 is 2.29 bits per heavy atom. The summed E-state index contributed by atoms with van der Waals surface area (Å²) in [5, 5.41) is 4.34. The van der Waals surface area contributed by atoms with Crippen molar-refractivity contribution in [2.45, 2.75) is 6.42 Å². The summed E-state index contributed by atoms with van der Waals surface area (Å²) in [5.74, 6) is 0.741. The maximum absolute atomic E-state index is 14.3. The number of pyridine rings is 1. The maximum Gasteiger partial charge on any atom is 0.280 e. The average molecular weight is 495 g/mol. The molecule has 182 valence electrons. The summed E-state index contributed by atoms with van der Waals surface area (Å²) in [6.45, 7) is 0. The monoisotopic (exact) mass is 494 g/mol. The van der Waals surface area contributed by atoms with Crippen molar-refractivity contribution in [3.8, 4) is 33.5 Å². The Labute approximate surface area is 217 Å². The Hall–Kier alpha value is -5.30. The maximum atomic E-state index is 14.3. The number of rotatable bonds is 5. The third-order valence-electron chi connectivity index (χ3n) is 6.76. The van der Waals surface area contributed by atoms with E-state index in [0.717, 1.165) is 44.7 Å². The summed E-state index contributed by atoms with van der Waals surface area (Å²) in [6.07, 6.45) is 5.64. The zero-order chi connectivity index (χ0) is 25.5. The Morgan fingerprint density at radius 1 is 0.737 bits per heavy atom. The lowest BCUT2D eigenvalue weighted by Crippen LogP contribution is -2.20. The van der Waals surface area contributed by atoms with Crippen molar-refractivity contribution in [2.75, 3.05) is 0 Å². The minimum Gasteiger partial charge on any atom is -0.348 e. The van der Waals surface area contributed by atoms with E-state index in [2.05, 4.69) is 20.1 Å². The van der Waals surface area contributed by atoms with E-state index in [0.29, 0.717) is 23.3 Å². The smallest absolute Gasteiger partial charge is 0.280 e. The highest BCUT2D eigenvalue weighted by Crippen LogP contribution is 2.35. The molecule has 4 heterocycles. The van der Waals surface area contributed by atoms with Gasteiger partial charge in [0, 0.05) is 36.0 Å². The van der Waals surface area contributed by atoms with Crippen LogP contribution in [-0.2, 0) is 6.42 Å². The SMILES string of the molecule is O=c1c(-c2ccc3ncccc3c2)c(Cc2ncc[nH]2)nc2c(-c3ccccc3)c(-c3ccccc3)[nH]n12. The first-order valence-electron chi connectivity index (χ1n) is 12.4. The van der Waals surface area contributed by atoms with Crippen LogP contribution in [0, 0.1) is 0 Å². The number of nitrogens with one attached hydrogen (secondary N) is 2. The van der Waals surface area contributed by atoms with Crippen LogP contribution in [0.15, 0.2) is 114 Å². The molecular weight excluding hydrogens is 472 g/mol. The summed E-state index contributed by atoms with van der Waals surface area (Å²) >= 11 is 0. The fourth-order valence-electron chi connectivity index (χ4n) is 5.01. The van der Waals surface area contributed by atoms with E-state index in [-0.39, 0.29) is 5.56 Å². The first-order valence-corrected chi connectivity index (χ1v) is 12.4. The molecule has 7 heteroatoms. The van der Waals surface area contributed by atoms with Gasteiger partial charge in [-0.2, -0.15) is 4.52 Å². The molecule has 4 aromatic heterocycles. The molecule has 0 unspecified atom stereocenters. The van der Waals surface area contributed by atoms with Crippen LogP contribution < -0.4 is 5.56 Å². The van der Waals surface area contributed by atoms with Gasteiger partial charge in [0.15, 0.2) is 5.65 Å². The van der Waals surface area contributed by atoms with Crippen LogP contribution in [0.25, 0.3) is 50.1 Å². The number of imidazole rings is 1. The van der Waals surface area contributed by atoms with E-state index in [4.69, 9.17) is 4.98 Å². The average Bonchev–Trinajstić information content (AvgIpc) is 3.62. The standard InChI is InChI=1S/C31H22N6O/c38-31-27(23-13-14-24-22(18-23)12-7-15-32-24)25(19-26-33-16-17-34-26)35-30-28(20-8-3-1-4-9-20)29(36-37(30)31)21-10-5-2-6-11-21/h1-18,36H,19H2,(H,33,34). The lowest BCUT2D eigenvalue weighted by molar-refractivity contribution is 0.878. The molecule has 7 rings (SSSR count). The van der Waals surface area contributed by atoms with Crippen molar-refractivity contribution >= 4 is 16.6 Å². The van der Waals surface area contributed by atoms with Gasteiger partial charge >= 0.3 is 0 Å². The van der Waals surface area contributed by atoms with Gasteiger partial charge in [-0.25, -0.2) is 9.97 Å². The minimum atomic E-state index is -0.167. The number of hydrogen-bond acceptors (Lipinski definition) is 4. The first kappa shape index (κ1) is 21.9. The summed E-state index contributed by atoms with van der Waals surface area (Å²) < 4.78 is 1.57. The van der Waals surface area contributed by atoms with Crippen molar-refractivity contribution in [1.82, 2.24) is 29.5 Å². The fourth-order valence-corrected chi connectivity index (χ4v) is 5.01. The van der Waals surface area contributed by atoms with E-state index >= 15 is 0 Å². The molecule has 0 fully saturated rings. The third kappa shape index (κ3) is 3.69. The quantitative estimate of drug-likeness (QED) is 0.312. The van der Waals surface area contributed by atoms with Gasteiger partial charge in [0.25, 0.3) is 5.56 Å². The van der Waals surface area contributed by atoms with Gasteiger partial charge in [-0.15, -0.1) is 0 Å². The minimum absolute atomic E-state index is 0.167. The van der Waals surface area contributed by atoms with Crippen LogP contribution in [-0.4, -0.2) is 29.5 Å². The zero-order valence-electron chi connectivity index (χ0n) is 20.3. The lowest BCUT2D eigenvalue weighted by atomic mass is 9.99. The van der Waals surface area contributed by atoms with Crippen molar-refractivity contribution in [3.63, 3.8) is 0 Å². The van der Waals surface area contributed by atoms with Gasteiger partial charge in [0.05, 0.1) is 28.0 Å². The second-order valence-electron chi connectivity index (χ2n) is 9.12. The second-order valence-corrected chi connectivity index (χ2v) is 9.12. The molecule has 7 nitrogen and oxygen atoms in total. The van der Waals surface area contributed by atoms with Crippen LogP contribution in [0.5, 0.6) is 0 Å². The Bertz CT molecular complexity index is 1960. The van der Waals surface area contributed by atoms with E-state index in [1.165, 1.54) is 0 Å². The van der Waals surface area contributed by atoms with Crippen molar-refractivity contribution < 1.29 is 0 Å². The third-order valence-corrected chi connectivity index (χ3v) is 6.76. The number of H-pyrrole nitrogens is 2. The molecule has 0 bridgehead atoms. The van der Waals surface area contributed by atoms with E-state index in [1.807, 2.05) is 91.0 Å². The molecule has 0 amide bonds. The Balaban J connectivity index is 1.56. The highest BCUT2D eigenvalue weighted by molar-refractivity contribution is 5.91. The summed E-state index contributed by atoms with van der Waals surface area (Å²) in [5.41, 5.74) is 6.93. The Morgan fingerprint density at radius 2 is 1.53 bits per heavy atom. The Kier molecular flexibility index (Phi) is 5.18. The summed E-state index contributed by atoms with van der Waals surface area (Å²) in [6, 6.07) is 29.8. The van der Waals surface area contributed by atoms with Gasteiger partial charge in [0.1, 0.15) is 5.82 Å². The summed E-state index contributed by atoms with van der Waals surface area (Å²) in [7, 11) is 0. The van der Waals surface area contributed by atoms with Crippen molar-refractivity contribution in [1.29, 1.82) is 0 Å². The van der Waals surface area contributed by atoms with Gasteiger partial charge in [0.2, 0.25) is 0 Å². The topological polar surface area (TPSA) is 91.7 Å².